The Balaban J connectivity index is 2.04. The average Bonchev–Trinajstić information content (AvgIpc) is 2.85. The molecule has 106 valence electrons. The molecule has 0 unspecified atom stereocenters. The molecule has 3 heteroatoms. The summed E-state index contributed by atoms with van der Waals surface area (Å²) in [5.74, 6) is -0.213. The van der Waals surface area contributed by atoms with Gasteiger partial charge >= 0.3 is 0 Å². The first kappa shape index (κ1) is 14.0. The van der Waals surface area contributed by atoms with Gasteiger partial charge in [-0.25, -0.2) is 9.37 Å². The highest BCUT2D eigenvalue weighted by molar-refractivity contribution is 7.18. The van der Waals surface area contributed by atoms with Gasteiger partial charge in [-0.3, -0.25) is 0 Å². The Labute approximate surface area is 128 Å². The van der Waals surface area contributed by atoms with Crippen molar-refractivity contribution in [1.29, 1.82) is 0 Å². The van der Waals surface area contributed by atoms with E-state index in [2.05, 4.69) is 37.0 Å². The average molecular weight is 297 g/mol. The Morgan fingerprint density at radius 2 is 1.52 bits per heavy atom. The molecule has 0 saturated carbocycles. The van der Waals surface area contributed by atoms with Crippen LogP contribution in [0.1, 0.15) is 16.8 Å². The summed E-state index contributed by atoms with van der Waals surface area (Å²) in [5, 5.41) is 1.01. The molecule has 1 heterocycles. The number of halogens is 1. The molecular formula is C18H16FNS. The topological polar surface area (TPSA) is 12.9 Å². The summed E-state index contributed by atoms with van der Waals surface area (Å²) in [7, 11) is 0. The van der Waals surface area contributed by atoms with Crippen molar-refractivity contribution in [2.24, 2.45) is 0 Å². The third-order valence-corrected chi connectivity index (χ3v) is 4.91. The summed E-state index contributed by atoms with van der Waals surface area (Å²) >= 11 is 1.65. The van der Waals surface area contributed by atoms with Gasteiger partial charge in [0.05, 0.1) is 10.6 Å². The minimum Gasteiger partial charge on any atom is -0.241 e. The maximum Gasteiger partial charge on any atom is 0.124 e. The fourth-order valence-electron chi connectivity index (χ4n) is 2.26. The van der Waals surface area contributed by atoms with Crippen LogP contribution in [0, 0.1) is 26.6 Å². The van der Waals surface area contributed by atoms with E-state index in [1.54, 1.807) is 23.5 Å². The van der Waals surface area contributed by atoms with Gasteiger partial charge in [0.1, 0.15) is 10.8 Å². The maximum atomic E-state index is 13.0. The number of hydrogen-bond donors (Lipinski definition) is 0. The second kappa shape index (κ2) is 5.41. The largest absolute Gasteiger partial charge is 0.241 e. The van der Waals surface area contributed by atoms with Crippen molar-refractivity contribution in [2.75, 3.05) is 0 Å². The van der Waals surface area contributed by atoms with Crippen molar-refractivity contribution in [2.45, 2.75) is 20.8 Å². The number of benzene rings is 2. The summed E-state index contributed by atoms with van der Waals surface area (Å²) in [4.78, 5) is 5.78. The molecule has 1 aromatic heterocycles. The van der Waals surface area contributed by atoms with Crippen LogP contribution in [0.4, 0.5) is 4.39 Å². The number of rotatable bonds is 2. The van der Waals surface area contributed by atoms with Gasteiger partial charge in [0.25, 0.3) is 0 Å². The fourth-order valence-corrected chi connectivity index (χ4v) is 3.33. The normalized spacial score (nSPS) is 10.9. The van der Waals surface area contributed by atoms with E-state index in [0.717, 1.165) is 26.7 Å². The first-order valence-electron chi connectivity index (χ1n) is 6.85. The van der Waals surface area contributed by atoms with E-state index in [4.69, 9.17) is 0 Å². The number of aryl methyl sites for hydroxylation is 3. The predicted molar refractivity (Wildman–Crippen MR) is 87.2 cm³/mol. The standard InChI is InChI=1S/C18H16FNS/c1-11-4-5-15(10-12(11)2)18-20-13(3)17(21-18)14-6-8-16(19)9-7-14/h4-10H,1-3H3. The lowest BCUT2D eigenvalue weighted by atomic mass is 10.1. The summed E-state index contributed by atoms with van der Waals surface area (Å²) in [6.07, 6.45) is 0. The van der Waals surface area contributed by atoms with Gasteiger partial charge < -0.3 is 0 Å². The summed E-state index contributed by atoms with van der Waals surface area (Å²) in [6, 6.07) is 13.0. The smallest absolute Gasteiger partial charge is 0.124 e. The van der Waals surface area contributed by atoms with E-state index in [1.807, 2.05) is 6.92 Å². The molecule has 0 fully saturated rings. The summed E-state index contributed by atoms with van der Waals surface area (Å²) in [6.45, 7) is 6.22. The molecule has 0 aliphatic rings. The molecule has 0 aliphatic heterocycles. The van der Waals surface area contributed by atoms with E-state index in [-0.39, 0.29) is 5.82 Å². The van der Waals surface area contributed by atoms with Crippen LogP contribution in [0.15, 0.2) is 42.5 Å². The molecule has 2 aromatic carbocycles. The number of aromatic nitrogens is 1. The minimum atomic E-state index is -0.213. The zero-order chi connectivity index (χ0) is 15.0. The van der Waals surface area contributed by atoms with Gasteiger partial charge in [0.2, 0.25) is 0 Å². The molecule has 0 amide bonds. The molecule has 0 radical (unpaired) electrons. The zero-order valence-electron chi connectivity index (χ0n) is 12.3. The SMILES string of the molecule is Cc1ccc(-c2nc(C)c(-c3ccc(F)cc3)s2)cc1C. The van der Waals surface area contributed by atoms with Gasteiger partial charge in [-0.2, -0.15) is 0 Å². The maximum absolute atomic E-state index is 13.0. The van der Waals surface area contributed by atoms with Crippen LogP contribution in [0.5, 0.6) is 0 Å². The Hall–Kier alpha value is -2.00. The number of hydrogen-bond acceptors (Lipinski definition) is 2. The van der Waals surface area contributed by atoms with Gasteiger partial charge in [-0.15, -0.1) is 11.3 Å². The van der Waals surface area contributed by atoms with E-state index in [1.165, 1.54) is 23.3 Å². The van der Waals surface area contributed by atoms with E-state index < -0.39 is 0 Å². The first-order chi connectivity index (χ1) is 10.0. The molecule has 21 heavy (non-hydrogen) atoms. The highest BCUT2D eigenvalue weighted by atomic mass is 32.1. The molecule has 0 bridgehead atoms. The van der Waals surface area contributed by atoms with Crippen LogP contribution in [-0.2, 0) is 0 Å². The second-order valence-electron chi connectivity index (χ2n) is 5.24. The van der Waals surface area contributed by atoms with Crippen molar-refractivity contribution in [3.05, 3.63) is 65.1 Å². The van der Waals surface area contributed by atoms with Crippen molar-refractivity contribution >= 4 is 11.3 Å². The van der Waals surface area contributed by atoms with Crippen LogP contribution in [-0.4, -0.2) is 4.98 Å². The summed E-state index contributed by atoms with van der Waals surface area (Å²) < 4.78 is 13.0. The Morgan fingerprint density at radius 1 is 0.857 bits per heavy atom. The van der Waals surface area contributed by atoms with Gasteiger partial charge in [-0.05, 0) is 55.7 Å². The lowest BCUT2D eigenvalue weighted by molar-refractivity contribution is 0.628. The number of thiazole rings is 1. The van der Waals surface area contributed by atoms with Gasteiger partial charge in [-0.1, -0.05) is 24.3 Å². The van der Waals surface area contributed by atoms with Crippen LogP contribution >= 0.6 is 11.3 Å². The molecule has 0 saturated heterocycles. The minimum absolute atomic E-state index is 0.213. The monoisotopic (exact) mass is 297 g/mol. The molecule has 0 spiro atoms. The van der Waals surface area contributed by atoms with Crippen molar-refractivity contribution in [3.63, 3.8) is 0 Å². The molecule has 3 rings (SSSR count). The number of nitrogens with zero attached hydrogens (tertiary/aromatic N) is 1. The molecule has 3 aromatic rings. The Morgan fingerprint density at radius 3 is 2.19 bits per heavy atom. The predicted octanol–water partition coefficient (Wildman–Crippen LogP) is 5.54. The highest BCUT2D eigenvalue weighted by Crippen LogP contribution is 2.35. The third kappa shape index (κ3) is 2.74. The quantitative estimate of drug-likeness (QED) is 0.605. The Kier molecular flexibility index (Phi) is 3.60. The molecular weight excluding hydrogens is 281 g/mol. The lowest BCUT2D eigenvalue weighted by Crippen LogP contribution is -1.83. The first-order valence-corrected chi connectivity index (χ1v) is 7.67. The van der Waals surface area contributed by atoms with Crippen molar-refractivity contribution in [1.82, 2.24) is 4.98 Å². The van der Waals surface area contributed by atoms with Crippen LogP contribution in [0.2, 0.25) is 0 Å². The van der Waals surface area contributed by atoms with E-state index >= 15 is 0 Å². The van der Waals surface area contributed by atoms with Gasteiger partial charge in [0, 0.05) is 5.56 Å². The summed E-state index contributed by atoms with van der Waals surface area (Å²) in [5.41, 5.74) is 5.69. The fraction of sp³-hybridized carbons (Fsp3) is 0.167. The lowest BCUT2D eigenvalue weighted by Gasteiger charge is -2.02. The van der Waals surface area contributed by atoms with Crippen LogP contribution in [0.3, 0.4) is 0 Å². The third-order valence-electron chi connectivity index (χ3n) is 3.66. The van der Waals surface area contributed by atoms with Gasteiger partial charge in [0.15, 0.2) is 0 Å². The van der Waals surface area contributed by atoms with E-state index in [9.17, 15) is 4.39 Å². The Bertz CT molecular complexity index is 787. The van der Waals surface area contributed by atoms with Crippen molar-refractivity contribution < 1.29 is 4.39 Å². The van der Waals surface area contributed by atoms with Crippen LogP contribution < -0.4 is 0 Å². The van der Waals surface area contributed by atoms with Crippen molar-refractivity contribution in [3.8, 4) is 21.0 Å². The molecule has 0 N–H and O–H groups in total. The molecule has 0 atom stereocenters. The second-order valence-corrected chi connectivity index (χ2v) is 6.24. The zero-order valence-corrected chi connectivity index (χ0v) is 13.1. The molecule has 0 aliphatic carbocycles. The molecule has 1 nitrogen and oxygen atoms in total. The van der Waals surface area contributed by atoms with E-state index in [0.29, 0.717) is 0 Å². The highest BCUT2D eigenvalue weighted by Gasteiger charge is 2.11. The van der Waals surface area contributed by atoms with Crippen LogP contribution in [0.25, 0.3) is 21.0 Å².